The van der Waals surface area contributed by atoms with Crippen LogP contribution in [0.4, 0.5) is 15.0 Å². The summed E-state index contributed by atoms with van der Waals surface area (Å²) < 4.78 is 18.5. The minimum Gasteiger partial charge on any atom is -0.465 e. The molecule has 1 saturated heterocycles. The SMILES string of the molecule is CCOC(=O)CNC(=O)N1CCN(c2nc(-c3cccc(F)c3)nc(C)c2CC)CC1. The summed E-state index contributed by atoms with van der Waals surface area (Å²) in [5, 5.41) is 2.59. The van der Waals surface area contributed by atoms with Crippen molar-refractivity contribution in [2.45, 2.75) is 27.2 Å². The van der Waals surface area contributed by atoms with E-state index in [4.69, 9.17) is 9.72 Å². The summed E-state index contributed by atoms with van der Waals surface area (Å²) in [6.45, 7) is 8.03. The Hall–Kier alpha value is -3.23. The summed E-state index contributed by atoms with van der Waals surface area (Å²) >= 11 is 0. The Bertz CT molecular complexity index is 945. The molecule has 1 aliphatic rings. The van der Waals surface area contributed by atoms with E-state index in [1.165, 1.54) is 12.1 Å². The van der Waals surface area contributed by atoms with Gasteiger partial charge in [-0.1, -0.05) is 19.1 Å². The highest BCUT2D eigenvalue weighted by molar-refractivity contribution is 5.81. The van der Waals surface area contributed by atoms with Gasteiger partial charge in [-0.05, 0) is 32.4 Å². The predicted octanol–water partition coefficient (Wildman–Crippen LogP) is 2.55. The first-order valence-corrected chi connectivity index (χ1v) is 10.5. The fraction of sp³-hybridized carbons (Fsp3) is 0.455. The average molecular weight is 429 g/mol. The zero-order chi connectivity index (χ0) is 22.4. The number of aryl methyl sites for hydroxylation is 1. The average Bonchev–Trinajstić information content (AvgIpc) is 2.77. The molecule has 0 saturated carbocycles. The van der Waals surface area contributed by atoms with Crippen molar-refractivity contribution in [3.8, 4) is 11.4 Å². The molecule has 0 bridgehead atoms. The predicted molar refractivity (Wildman–Crippen MR) is 115 cm³/mol. The molecule has 0 radical (unpaired) electrons. The van der Waals surface area contributed by atoms with Crippen molar-refractivity contribution in [3.05, 3.63) is 41.3 Å². The summed E-state index contributed by atoms with van der Waals surface area (Å²) in [4.78, 5) is 36.9. The minimum atomic E-state index is -0.455. The van der Waals surface area contributed by atoms with Gasteiger partial charge in [-0.3, -0.25) is 4.79 Å². The summed E-state index contributed by atoms with van der Waals surface area (Å²) in [5.74, 6) is 0.519. The highest BCUT2D eigenvalue weighted by Gasteiger charge is 2.25. The summed E-state index contributed by atoms with van der Waals surface area (Å²) in [7, 11) is 0. The summed E-state index contributed by atoms with van der Waals surface area (Å²) in [5.41, 5.74) is 2.53. The fourth-order valence-corrected chi connectivity index (χ4v) is 3.61. The Morgan fingerprint density at radius 2 is 1.90 bits per heavy atom. The third-order valence-electron chi connectivity index (χ3n) is 5.18. The standard InChI is InChI=1S/C22H28FN5O3/c1-4-18-15(3)25-20(16-7-6-8-17(23)13-16)26-21(18)27-9-11-28(12-10-27)22(30)24-14-19(29)31-5-2/h6-8,13H,4-5,9-12,14H2,1-3H3,(H,24,30). The number of nitrogens with zero attached hydrogens (tertiary/aromatic N) is 4. The van der Waals surface area contributed by atoms with Crippen LogP contribution in [-0.2, 0) is 16.0 Å². The molecule has 2 amide bonds. The van der Waals surface area contributed by atoms with Crippen LogP contribution in [0.5, 0.6) is 0 Å². The molecule has 1 aromatic carbocycles. The molecule has 166 valence electrons. The molecule has 0 spiro atoms. The maximum absolute atomic E-state index is 13.7. The van der Waals surface area contributed by atoms with Gasteiger partial charge in [0.05, 0.1) is 6.61 Å². The molecule has 2 aromatic rings. The number of aromatic nitrogens is 2. The van der Waals surface area contributed by atoms with E-state index < -0.39 is 5.97 Å². The van der Waals surface area contributed by atoms with Crippen molar-refractivity contribution in [3.63, 3.8) is 0 Å². The van der Waals surface area contributed by atoms with Gasteiger partial charge in [0.2, 0.25) is 0 Å². The normalized spacial score (nSPS) is 13.8. The fourth-order valence-electron chi connectivity index (χ4n) is 3.61. The van der Waals surface area contributed by atoms with Crippen LogP contribution in [0.15, 0.2) is 24.3 Å². The van der Waals surface area contributed by atoms with E-state index in [-0.39, 0.29) is 25.0 Å². The summed E-state index contributed by atoms with van der Waals surface area (Å²) in [6, 6.07) is 5.96. The van der Waals surface area contributed by atoms with Crippen LogP contribution in [-0.4, -0.2) is 66.2 Å². The number of ether oxygens (including phenoxy) is 1. The number of hydrogen-bond donors (Lipinski definition) is 1. The lowest BCUT2D eigenvalue weighted by Crippen LogP contribution is -2.53. The highest BCUT2D eigenvalue weighted by atomic mass is 19.1. The van der Waals surface area contributed by atoms with Gasteiger partial charge in [-0.15, -0.1) is 0 Å². The topological polar surface area (TPSA) is 87.7 Å². The van der Waals surface area contributed by atoms with Crippen molar-refractivity contribution >= 4 is 17.8 Å². The van der Waals surface area contributed by atoms with Gasteiger partial charge in [0.25, 0.3) is 0 Å². The number of anilines is 1. The van der Waals surface area contributed by atoms with Gasteiger partial charge in [-0.2, -0.15) is 0 Å². The Morgan fingerprint density at radius 3 is 2.55 bits per heavy atom. The molecule has 31 heavy (non-hydrogen) atoms. The smallest absolute Gasteiger partial charge is 0.325 e. The third kappa shape index (κ3) is 5.48. The van der Waals surface area contributed by atoms with Crippen LogP contribution >= 0.6 is 0 Å². The van der Waals surface area contributed by atoms with Gasteiger partial charge in [0.1, 0.15) is 18.2 Å². The van der Waals surface area contributed by atoms with Crippen LogP contribution in [0.3, 0.4) is 0 Å². The van der Waals surface area contributed by atoms with Crippen molar-refractivity contribution in [1.29, 1.82) is 0 Å². The lowest BCUT2D eigenvalue weighted by Gasteiger charge is -2.36. The van der Waals surface area contributed by atoms with Crippen LogP contribution in [0.2, 0.25) is 0 Å². The van der Waals surface area contributed by atoms with Crippen molar-refractivity contribution in [2.24, 2.45) is 0 Å². The number of benzene rings is 1. The van der Waals surface area contributed by atoms with Crippen LogP contribution < -0.4 is 10.2 Å². The lowest BCUT2D eigenvalue weighted by molar-refractivity contribution is -0.141. The van der Waals surface area contributed by atoms with Gasteiger partial charge in [0.15, 0.2) is 5.82 Å². The first-order chi connectivity index (χ1) is 14.9. The van der Waals surface area contributed by atoms with E-state index in [0.29, 0.717) is 37.6 Å². The molecule has 1 N–H and O–H groups in total. The molecule has 1 aromatic heterocycles. The molecule has 8 nitrogen and oxygen atoms in total. The molecule has 0 atom stereocenters. The third-order valence-corrected chi connectivity index (χ3v) is 5.18. The monoisotopic (exact) mass is 429 g/mol. The Balaban J connectivity index is 1.72. The Morgan fingerprint density at radius 1 is 1.16 bits per heavy atom. The molecule has 2 heterocycles. The second-order valence-electron chi connectivity index (χ2n) is 7.24. The second kappa shape index (κ2) is 10.2. The maximum atomic E-state index is 13.7. The quantitative estimate of drug-likeness (QED) is 0.710. The zero-order valence-corrected chi connectivity index (χ0v) is 18.2. The molecule has 9 heteroatoms. The van der Waals surface area contributed by atoms with Crippen molar-refractivity contribution < 1.29 is 18.7 Å². The molecule has 3 rings (SSSR count). The van der Waals surface area contributed by atoms with Gasteiger partial charge in [0, 0.05) is 43.0 Å². The zero-order valence-electron chi connectivity index (χ0n) is 18.2. The first kappa shape index (κ1) is 22.5. The van der Waals surface area contributed by atoms with Crippen molar-refractivity contribution in [1.82, 2.24) is 20.2 Å². The molecule has 0 aliphatic carbocycles. The van der Waals surface area contributed by atoms with Gasteiger partial charge >= 0.3 is 12.0 Å². The number of hydrogen-bond acceptors (Lipinski definition) is 6. The second-order valence-corrected chi connectivity index (χ2v) is 7.24. The number of carbonyl (C=O) groups excluding carboxylic acids is 2. The number of carbonyl (C=O) groups is 2. The van der Waals surface area contributed by atoms with E-state index >= 15 is 0 Å². The molecule has 1 fully saturated rings. The van der Waals surface area contributed by atoms with Crippen LogP contribution in [0.1, 0.15) is 25.1 Å². The number of halogens is 1. The minimum absolute atomic E-state index is 0.144. The van der Waals surface area contributed by atoms with E-state index in [9.17, 15) is 14.0 Å². The maximum Gasteiger partial charge on any atom is 0.325 e. The molecule has 1 aliphatic heterocycles. The molecular weight excluding hydrogens is 401 g/mol. The summed E-state index contributed by atoms with van der Waals surface area (Å²) in [6.07, 6.45) is 0.769. The van der Waals surface area contributed by atoms with E-state index in [2.05, 4.69) is 22.1 Å². The Labute approximate surface area is 181 Å². The number of esters is 1. The highest BCUT2D eigenvalue weighted by Crippen LogP contribution is 2.27. The lowest BCUT2D eigenvalue weighted by atomic mass is 10.1. The van der Waals surface area contributed by atoms with Crippen LogP contribution in [0, 0.1) is 12.7 Å². The van der Waals surface area contributed by atoms with E-state index in [1.54, 1.807) is 24.0 Å². The number of urea groups is 1. The Kier molecular flexibility index (Phi) is 7.38. The van der Waals surface area contributed by atoms with E-state index in [1.807, 2.05) is 6.92 Å². The number of rotatable bonds is 6. The van der Waals surface area contributed by atoms with Crippen molar-refractivity contribution in [2.75, 3.05) is 44.2 Å². The first-order valence-electron chi connectivity index (χ1n) is 10.5. The number of amides is 2. The van der Waals surface area contributed by atoms with Gasteiger partial charge in [-0.25, -0.2) is 19.2 Å². The largest absolute Gasteiger partial charge is 0.465 e. The van der Waals surface area contributed by atoms with E-state index in [0.717, 1.165) is 23.5 Å². The molecular formula is C22H28FN5O3. The number of nitrogens with one attached hydrogen (secondary N) is 1. The number of piperazine rings is 1. The molecule has 0 unspecified atom stereocenters. The van der Waals surface area contributed by atoms with Gasteiger partial charge < -0.3 is 19.9 Å². The van der Waals surface area contributed by atoms with Crippen LogP contribution in [0.25, 0.3) is 11.4 Å².